The highest BCUT2D eigenvalue weighted by atomic mass is 16.5. The summed E-state index contributed by atoms with van der Waals surface area (Å²) in [6.45, 7) is 0. The quantitative estimate of drug-likeness (QED) is 0.166. The minimum atomic E-state index is 0.598. The molecule has 0 amide bonds. The predicted octanol–water partition coefficient (Wildman–Crippen LogP) is 19.8. The van der Waals surface area contributed by atoms with Crippen LogP contribution in [-0.2, 0) is 0 Å². The smallest absolute Gasteiger partial charge is 0.136 e. The molecule has 2 aliphatic rings. The van der Waals surface area contributed by atoms with Gasteiger partial charge in [0.15, 0.2) is 0 Å². The molecule has 0 saturated carbocycles. The molecule has 0 unspecified atom stereocenters. The second-order valence-corrected chi connectivity index (χ2v) is 20.1. The maximum atomic E-state index is 9.38. The van der Waals surface area contributed by atoms with E-state index in [2.05, 4.69) is 194 Å². The van der Waals surface area contributed by atoms with Gasteiger partial charge in [-0.25, -0.2) is 0 Å². The Bertz CT molecular complexity index is 4950. The third-order valence-electron chi connectivity index (χ3n) is 16.0. The number of rotatable bonds is 3. The van der Waals surface area contributed by atoms with Gasteiger partial charge in [-0.05, 0) is 205 Å². The van der Waals surface area contributed by atoms with E-state index in [0.717, 1.165) is 61.4 Å². The van der Waals surface area contributed by atoms with E-state index in [-0.39, 0.29) is 0 Å². The summed E-state index contributed by atoms with van der Waals surface area (Å²) in [7, 11) is 0. The van der Waals surface area contributed by atoms with Gasteiger partial charge in [-0.2, -0.15) is 10.5 Å². The van der Waals surface area contributed by atoms with Crippen LogP contribution in [0.5, 0.6) is 23.0 Å². The first-order valence-electron chi connectivity index (χ1n) is 25.6. The van der Waals surface area contributed by atoms with Crippen molar-refractivity contribution < 1.29 is 9.47 Å². The topological polar surface area (TPSA) is 66.0 Å². The molecule has 4 heteroatoms. The lowest BCUT2D eigenvalue weighted by Crippen LogP contribution is -1.98. The van der Waals surface area contributed by atoms with Gasteiger partial charge in [0.1, 0.15) is 23.0 Å². The molecule has 2 aliphatic heterocycles. The molecule has 15 aromatic carbocycles. The lowest BCUT2D eigenvalue weighted by atomic mass is 9.87. The van der Waals surface area contributed by atoms with E-state index < -0.39 is 0 Å². The first kappa shape index (κ1) is 42.0. The number of hydrogen-bond donors (Lipinski definition) is 0. The van der Waals surface area contributed by atoms with Crippen LogP contribution in [0.3, 0.4) is 0 Å². The van der Waals surface area contributed by atoms with Gasteiger partial charge in [0.05, 0.1) is 23.3 Å². The molecule has 0 spiro atoms. The molecule has 0 saturated heterocycles. The summed E-state index contributed by atoms with van der Waals surface area (Å²) in [5.74, 6) is 3.13. The van der Waals surface area contributed by atoms with Crippen molar-refractivity contribution in [1.29, 1.82) is 10.5 Å². The normalized spacial score (nSPS) is 12.1. The SMILES string of the molecule is N#Cc1ccc2c(c1)Oc1cccc3c(-c4cc5ccc6cc(-c7ccccc7)cc7ccc(c4)c5c67)ccc-2c13.N#Cc1ccc2c(c1)Oc1cccc3c(-c4cc5ccc6cccc7ccc(c4)c5c67)ccc-2c13. The summed E-state index contributed by atoms with van der Waals surface area (Å²) >= 11 is 0. The van der Waals surface area contributed by atoms with Crippen molar-refractivity contribution in [3.05, 3.63) is 242 Å². The van der Waals surface area contributed by atoms with Gasteiger partial charge in [0.2, 0.25) is 0 Å². The molecule has 0 radical (unpaired) electrons. The van der Waals surface area contributed by atoms with Gasteiger partial charge in [-0.15, -0.1) is 0 Å². The molecule has 0 fully saturated rings. The minimum Gasteiger partial charge on any atom is -0.456 e. The van der Waals surface area contributed by atoms with Crippen molar-refractivity contribution in [3.8, 4) is 90.8 Å². The highest BCUT2D eigenvalue weighted by molar-refractivity contribution is 6.26. The largest absolute Gasteiger partial charge is 0.456 e. The van der Waals surface area contributed by atoms with Crippen molar-refractivity contribution in [2.24, 2.45) is 0 Å². The number of nitrogens with zero attached hydrogens (tertiary/aromatic N) is 2. The van der Waals surface area contributed by atoms with Crippen LogP contribution in [-0.4, -0.2) is 0 Å². The molecular weight excluding hydrogens is 925 g/mol. The number of benzene rings is 15. The number of fused-ring (bicyclic) bond motifs is 4. The Kier molecular flexibility index (Phi) is 8.84. The molecule has 0 aliphatic carbocycles. The van der Waals surface area contributed by atoms with Crippen LogP contribution in [0.1, 0.15) is 11.1 Å². The fraction of sp³-hybridized carbons (Fsp3) is 0. The van der Waals surface area contributed by atoms with Gasteiger partial charge in [0.25, 0.3) is 0 Å². The zero-order chi connectivity index (χ0) is 50.2. The van der Waals surface area contributed by atoms with Crippen molar-refractivity contribution in [3.63, 3.8) is 0 Å². The van der Waals surface area contributed by atoms with E-state index >= 15 is 0 Å². The second-order valence-electron chi connectivity index (χ2n) is 20.1. The number of nitriles is 2. The average Bonchev–Trinajstić information content (AvgIpc) is 3.60. The zero-order valence-electron chi connectivity index (χ0n) is 40.7. The van der Waals surface area contributed by atoms with Gasteiger partial charge < -0.3 is 9.47 Å². The van der Waals surface area contributed by atoms with Crippen LogP contribution in [0.4, 0.5) is 0 Å². The van der Waals surface area contributed by atoms with Gasteiger partial charge in [-0.3, -0.25) is 0 Å². The summed E-state index contributed by atoms with van der Waals surface area (Å²) in [6, 6.07) is 86.1. The Morgan fingerprint density at radius 3 is 1.04 bits per heavy atom. The lowest BCUT2D eigenvalue weighted by molar-refractivity contribution is 0.486. The standard InChI is InChI=1S/C39H21NO.C33H17NO/c40-22-23-9-14-32-34-16-15-31(33-7-4-8-35(39(33)34)41-36(32)17-23)30-20-27-12-10-25-18-29(24-5-2-1-3-6-24)19-26-11-13-28(21-30)38(27)37(25)26;34-18-19-7-12-26-28-14-13-25(27-5-2-6-29(33(27)28)35-30(26)15-19)24-16-22-10-8-20-3-1-4-21-9-11-23(17-24)32(22)31(20)21/h1-21H;1-17H. The van der Waals surface area contributed by atoms with E-state index in [9.17, 15) is 10.5 Å². The molecule has 76 heavy (non-hydrogen) atoms. The van der Waals surface area contributed by atoms with Gasteiger partial charge >= 0.3 is 0 Å². The van der Waals surface area contributed by atoms with Crippen LogP contribution >= 0.6 is 0 Å². The summed E-state index contributed by atoms with van der Waals surface area (Å²) in [5.41, 5.74) is 12.8. The maximum Gasteiger partial charge on any atom is 0.136 e. The van der Waals surface area contributed by atoms with Crippen LogP contribution < -0.4 is 9.47 Å². The van der Waals surface area contributed by atoms with Gasteiger partial charge in [-0.1, -0.05) is 146 Å². The van der Waals surface area contributed by atoms with E-state index in [1.807, 2.05) is 48.5 Å². The Hall–Kier alpha value is -10.5. The molecule has 2 heterocycles. The Balaban J connectivity index is 0.000000130. The fourth-order valence-corrected chi connectivity index (χ4v) is 12.6. The van der Waals surface area contributed by atoms with Crippen LogP contribution in [0.2, 0.25) is 0 Å². The highest BCUT2D eigenvalue weighted by Gasteiger charge is 2.25. The minimum absolute atomic E-state index is 0.598. The number of ether oxygens (including phenoxy) is 2. The predicted molar refractivity (Wildman–Crippen MR) is 312 cm³/mol. The van der Waals surface area contributed by atoms with Crippen molar-refractivity contribution in [1.82, 2.24) is 0 Å². The maximum absolute atomic E-state index is 9.38. The Morgan fingerprint density at radius 1 is 0.237 bits per heavy atom. The first-order chi connectivity index (χ1) is 37.5. The Morgan fingerprint density at radius 2 is 0.605 bits per heavy atom. The van der Waals surface area contributed by atoms with Crippen molar-refractivity contribution in [2.45, 2.75) is 0 Å². The Labute approximate surface area is 436 Å². The molecular formula is C72H38N2O2. The highest BCUT2D eigenvalue weighted by Crippen LogP contribution is 2.52. The third-order valence-corrected chi connectivity index (χ3v) is 16.0. The summed E-state index contributed by atoms with van der Waals surface area (Å²) in [4.78, 5) is 0. The van der Waals surface area contributed by atoms with Crippen molar-refractivity contribution in [2.75, 3.05) is 0 Å². The molecule has 17 rings (SSSR count). The second kappa shape index (κ2) is 16.0. The van der Waals surface area contributed by atoms with Crippen LogP contribution in [0.25, 0.3) is 142 Å². The molecule has 0 bridgehead atoms. The lowest BCUT2D eigenvalue weighted by Gasteiger charge is -2.23. The monoisotopic (exact) mass is 962 g/mol. The van der Waals surface area contributed by atoms with Gasteiger partial charge in [0, 0.05) is 21.9 Å². The molecule has 0 N–H and O–H groups in total. The van der Waals surface area contributed by atoms with Crippen molar-refractivity contribution >= 4 is 86.2 Å². The van der Waals surface area contributed by atoms with E-state index in [1.165, 1.54) is 103 Å². The van der Waals surface area contributed by atoms with Crippen LogP contribution in [0, 0.1) is 22.7 Å². The van der Waals surface area contributed by atoms with E-state index in [4.69, 9.17) is 9.47 Å². The van der Waals surface area contributed by atoms with E-state index in [1.54, 1.807) is 0 Å². The molecule has 0 atom stereocenters. The molecule has 15 aromatic rings. The third kappa shape index (κ3) is 6.23. The number of hydrogen-bond acceptors (Lipinski definition) is 4. The summed E-state index contributed by atoms with van der Waals surface area (Å²) in [5, 5.41) is 38.7. The average molecular weight is 963 g/mol. The molecule has 348 valence electrons. The molecule has 0 aromatic heterocycles. The summed E-state index contributed by atoms with van der Waals surface area (Å²) in [6.07, 6.45) is 0. The molecule has 4 nitrogen and oxygen atoms in total. The van der Waals surface area contributed by atoms with Crippen LogP contribution in [0.15, 0.2) is 231 Å². The zero-order valence-corrected chi connectivity index (χ0v) is 40.7. The summed E-state index contributed by atoms with van der Waals surface area (Å²) < 4.78 is 12.6. The fourth-order valence-electron chi connectivity index (χ4n) is 12.6. The first-order valence-corrected chi connectivity index (χ1v) is 25.6. The van der Waals surface area contributed by atoms with E-state index in [0.29, 0.717) is 11.1 Å².